The van der Waals surface area contributed by atoms with E-state index in [0.29, 0.717) is 13.0 Å². The molecule has 84 valence electrons. The van der Waals surface area contributed by atoms with Gasteiger partial charge in [0.05, 0.1) is 11.9 Å². The highest BCUT2D eigenvalue weighted by Gasteiger charge is 2.03. The first kappa shape index (κ1) is 10.4. The minimum absolute atomic E-state index is 0.171. The maximum absolute atomic E-state index is 10.3. The first-order chi connectivity index (χ1) is 7.77. The van der Waals surface area contributed by atoms with Crippen molar-refractivity contribution in [2.75, 3.05) is 11.9 Å². The van der Waals surface area contributed by atoms with E-state index in [-0.39, 0.29) is 6.42 Å². The number of hydrogen-bond acceptors (Lipinski definition) is 4. The van der Waals surface area contributed by atoms with E-state index in [1.165, 1.54) is 0 Å². The highest BCUT2D eigenvalue weighted by atomic mass is 16.4. The van der Waals surface area contributed by atoms with Gasteiger partial charge in [0.15, 0.2) is 0 Å². The maximum atomic E-state index is 10.3. The van der Waals surface area contributed by atoms with Crippen LogP contribution in [0, 0.1) is 0 Å². The summed E-state index contributed by atoms with van der Waals surface area (Å²) in [5.74, 6) is -0.775. The molecule has 0 unspecified atom stereocenters. The van der Waals surface area contributed by atoms with Gasteiger partial charge in [0, 0.05) is 19.2 Å². The zero-order valence-electron chi connectivity index (χ0n) is 8.60. The third-order valence-electron chi connectivity index (χ3n) is 2.23. The fourth-order valence-electron chi connectivity index (χ4n) is 1.46. The lowest BCUT2D eigenvalue weighted by molar-refractivity contribution is -0.137. The van der Waals surface area contributed by atoms with E-state index in [1.807, 2.05) is 6.07 Å². The molecular formula is C10H12N4O2. The molecule has 3 N–H and O–H groups in total. The van der Waals surface area contributed by atoms with Crippen LogP contribution in [0.5, 0.6) is 0 Å². The lowest BCUT2D eigenvalue weighted by Gasteiger charge is -2.05. The number of aliphatic carboxylic acids is 1. The van der Waals surface area contributed by atoms with Crippen molar-refractivity contribution in [2.24, 2.45) is 0 Å². The molecule has 6 nitrogen and oxygen atoms in total. The molecule has 0 saturated heterocycles. The van der Waals surface area contributed by atoms with Crippen LogP contribution in [0.2, 0.25) is 0 Å². The van der Waals surface area contributed by atoms with Crippen LogP contribution < -0.4 is 5.32 Å². The van der Waals surface area contributed by atoms with Crippen LogP contribution >= 0.6 is 0 Å². The van der Waals surface area contributed by atoms with E-state index in [2.05, 4.69) is 20.5 Å². The molecule has 0 saturated carbocycles. The summed E-state index contributed by atoms with van der Waals surface area (Å²) in [4.78, 5) is 14.5. The second kappa shape index (κ2) is 4.61. The van der Waals surface area contributed by atoms with Gasteiger partial charge in [-0.3, -0.25) is 14.9 Å². The number of fused-ring (bicyclic) bond motifs is 1. The second-order valence-electron chi connectivity index (χ2n) is 3.41. The van der Waals surface area contributed by atoms with Crippen LogP contribution in [-0.2, 0) is 4.79 Å². The molecule has 0 bridgehead atoms. The van der Waals surface area contributed by atoms with Gasteiger partial charge in [-0.05, 0) is 12.5 Å². The summed E-state index contributed by atoms with van der Waals surface area (Å²) in [5, 5.41) is 18.4. The Morgan fingerprint density at radius 1 is 1.56 bits per heavy atom. The Labute approximate surface area is 91.7 Å². The molecule has 0 aliphatic heterocycles. The summed E-state index contributed by atoms with van der Waals surface area (Å²) in [6, 6.07) is 1.83. The minimum Gasteiger partial charge on any atom is -0.481 e. The Kier molecular flexibility index (Phi) is 3.00. The minimum atomic E-state index is -0.775. The normalized spacial score (nSPS) is 10.5. The van der Waals surface area contributed by atoms with Crippen LogP contribution in [0.15, 0.2) is 18.5 Å². The number of aromatic nitrogens is 3. The van der Waals surface area contributed by atoms with Gasteiger partial charge in [-0.15, -0.1) is 0 Å². The average Bonchev–Trinajstić information content (AvgIpc) is 2.72. The molecule has 0 spiro atoms. The van der Waals surface area contributed by atoms with Crippen molar-refractivity contribution in [3.63, 3.8) is 0 Å². The molecule has 16 heavy (non-hydrogen) atoms. The van der Waals surface area contributed by atoms with Crippen LogP contribution in [0.4, 0.5) is 5.69 Å². The fraction of sp³-hybridized carbons (Fsp3) is 0.300. The van der Waals surface area contributed by atoms with Gasteiger partial charge < -0.3 is 10.4 Å². The number of aromatic amines is 1. The number of nitrogens with one attached hydrogen (secondary N) is 2. The molecule has 0 amide bonds. The molecule has 6 heteroatoms. The number of carboxylic acid groups (broad SMARTS) is 1. The molecule has 0 atom stereocenters. The van der Waals surface area contributed by atoms with Crippen molar-refractivity contribution in [3.8, 4) is 0 Å². The quantitative estimate of drug-likeness (QED) is 0.659. The van der Waals surface area contributed by atoms with Gasteiger partial charge in [0.2, 0.25) is 0 Å². The van der Waals surface area contributed by atoms with Crippen LogP contribution in [-0.4, -0.2) is 32.8 Å². The number of pyridine rings is 1. The molecule has 2 rings (SSSR count). The van der Waals surface area contributed by atoms with E-state index in [1.54, 1.807) is 12.4 Å². The number of H-pyrrole nitrogens is 1. The smallest absolute Gasteiger partial charge is 0.303 e. The molecule has 0 aliphatic carbocycles. The first-order valence-electron chi connectivity index (χ1n) is 5.01. The van der Waals surface area contributed by atoms with E-state index in [0.717, 1.165) is 16.7 Å². The third-order valence-corrected chi connectivity index (χ3v) is 2.23. The van der Waals surface area contributed by atoms with Gasteiger partial charge in [-0.1, -0.05) is 0 Å². The van der Waals surface area contributed by atoms with Crippen LogP contribution in [0.25, 0.3) is 11.0 Å². The standard InChI is InChI=1S/C10H12N4O2/c15-9(16)2-1-4-11-7-3-5-12-8-6-13-14-10(7)8/h3,5-6H,1-2,4H2,(H,11,12)(H,13,14)(H,15,16). The molecule has 2 heterocycles. The summed E-state index contributed by atoms with van der Waals surface area (Å²) in [6.45, 7) is 0.616. The van der Waals surface area contributed by atoms with Crippen LogP contribution in [0.1, 0.15) is 12.8 Å². The Hall–Kier alpha value is -2.11. The summed E-state index contributed by atoms with van der Waals surface area (Å²) in [5.41, 5.74) is 2.54. The lowest BCUT2D eigenvalue weighted by atomic mass is 10.3. The number of nitrogens with zero attached hydrogens (tertiary/aromatic N) is 2. The van der Waals surface area contributed by atoms with Crippen molar-refractivity contribution in [3.05, 3.63) is 18.5 Å². The summed E-state index contributed by atoms with van der Waals surface area (Å²) in [6.07, 6.45) is 4.10. The Morgan fingerprint density at radius 3 is 3.25 bits per heavy atom. The van der Waals surface area contributed by atoms with Gasteiger partial charge in [0.1, 0.15) is 11.0 Å². The van der Waals surface area contributed by atoms with E-state index < -0.39 is 5.97 Å². The van der Waals surface area contributed by atoms with Gasteiger partial charge in [0.25, 0.3) is 0 Å². The number of carboxylic acids is 1. The van der Waals surface area contributed by atoms with Crippen molar-refractivity contribution < 1.29 is 9.90 Å². The van der Waals surface area contributed by atoms with Gasteiger partial charge >= 0.3 is 5.97 Å². The maximum Gasteiger partial charge on any atom is 0.303 e. The van der Waals surface area contributed by atoms with Crippen molar-refractivity contribution in [1.82, 2.24) is 15.2 Å². The van der Waals surface area contributed by atoms with E-state index >= 15 is 0 Å². The summed E-state index contributed by atoms with van der Waals surface area (Å²) in [7, 11) is 0. The largest absolute Gasteiger partial charge is 0.481 e. The molecule has 0 aliphatic rings. The van der Waals surface area contributed by atoms with Crippen molar-refractivity contribution in [1.29, 1.82) is 0 Å². The van der Waals surface area contributed by atoms with Gasteiger partial charge in [-0.25, -0.2) is 0 Å². The number of hydrogen-bond donors (Lipinski definition) is 3. The second-order valence-corrected chi connectivity index (χ2v) is 3.41. The highest BCUT2D eigenvalue weighted by molar-refractivity contribution is 5.86. The average molecular weight is 220 g/mol. The zero-order chi connectivity index (χ0) is 11.4. The van der Waals surface area contributed by atoms with Gasteiger partial charge in [-0.2, -0.15) is 5.10 Å². The predicted octanol–water partition coefficient (Wildman–Crippen LogP) is 1.23. The van der Waals surface area contributed by atoms with Crippen molar-refractivity contribution >= 4 is 22.7 Å². The zero-order valence-corrected chi connectivity index (χ0v) is 8.60. The molecule has 2 aromatic heterocycles. The molecular weight excluding hydrogens is 208 g/mol. The molecule has 0 aromatic carbocycles. The number of rotatable bonds is 5. The number of anilines is 1. The SMILES string of the molecule is O=C(O)CCCNc1ccnc2cn[nH]c12. The fourth-order valence-corrected chi connectivity index (χ4v) is 1.46. The van der Waals surface area contributed by atoms with Crippen molar-refractivity contribution in [2.45, 2.75) is 12.8 Å². The summed E-state index contributed by atoms with van der Waals surface area (Å²) < 4.78 is 0. The monoisotopic (exact) mass is 220 g/mol. The Bertz CT molecular complexity index is 494. The lowest BCUT2D eigenvalue weighted by Crippen LogP contribution is -2.05. The topological polar surface area (TPSA) is 90.9 Å². The highest BCUT2D eigenvalue weighted by Crippen LogP contribution is 2.17. The molecule has 0 radical (unpaired) electrons. The number of carbonyl (C=O) groups is 1. The predicted molar refractivity (Wildman–Crippen MR) is 59.2 cm³/mol. The molecule has 0 fully saturated rings. The Balaban J connectivity index is 1.98. The third kappa shape index (κ3) is 2.28. The van der Waals surface area contributed by atoms with E-state index in [4.69, 9.17) is 5.11 Å². The first-order valence-corrected chi connectivity index (χ1v) is 5.01. The van der Waals surface area contributed by atoms with E-state index in [9.17, 15) is 4.79 Å². The van der Waals surface area contributed by atoms with Crippen LogP contribution in [0.3, 0.4) is 0 Å². The Morgan fingerprint density at radius 2 is 2.44 bits per heavy atom. The molecule has 2 aromatic rings. The summed E-state index contributed by atoms with van der Waals surface area (Å²) >= 11 is 0.